The van der Waals surface area contributed by atoms with Crippen LogP contribution in [0.25, 0.3) is 5.57 Å². The normalized spacial score (nSPS) is 14.0. The zero-order valence-electron chi connectivity index (χ0n) is 15.5. The van der Waals surface area contributed by atoms with E-state index in [0.29, 0.717) is 17.3 Å². The Morgan fingerprint density at radius 2 is 1.41 bits per heavy atom. The third kappa shape index (κ3) is 3.18. The average molecular weight is 390 g/mol. The van der Waals surface area contributed by atoms with Gasteiger partial charge in [-0.25, -0.2) is 13.7 Å². The standard InChI is InChI=1S/C23H16F2N2O2/c1-26(17-10-6-3-7-11-17)21-20(15-8-4-2-5-9-15)22(28)27(23(21)29)19-13-12-16(24)14-18(19)25/h2-14H,1H3. The number of halogens is 2. The number of hydrogen-bond acceptors (Lipinski definition) is 3. The highest BCUT2D eigenvalue weighted by molar-refractivity contribution is 6.46. The summed E-state index contributed by atoms with van der Waals surface area (Å²) in [5.41, 5.74) is 1.22. The van der Waals surface area contributed by atoms with Gasteiger partial charge in [-0.3, -0.25) is 9.59 Å². The van der Waals surface area contributed by atoms with E-state index in [-0.39, 0.29) is 17.0 Å². The molecule has 0 radical (unpaired) electrons. The summed E-state index contributed by atoms with van der Waals surface area (Å²) < 4.78 is 27.8. The van der Waals surface area contributed by atoms with Crippen LogP contribution in [-0.2, 0) is 9.59 Å². The molecule has 1 aliphatic heterocycles. The van der Waals surface area contributed by atoms with E-state index in [1.807, 2.05) is 18.2 Å². The number of anilines is 2. The molecule has 1 heterocycles. The Morgan fingerprint density at radius 1 is 0.793 bits per heavy atom. The van der Waals surface area contributed by atoms with Crippen LogP contribution in [0.5, 0.6) is 0 Å². The second kappa shape index (κ2) is 7.31. The van der Waals surface area contributed by atoms with Crippen molar-refractivity contribution in [1.29, 1.82) is 0 Å². The third-order valence-corrected chi connectivity index (χ3v) is 4.75. The fourth-order valence-electron chi connectivity index (χ4n) is 3.36. The summed E-state index contributed by atoms with van der Waals surface area (Å²) in [5, 5.41) is 0. The van der Waals surface area contributed by atoms with E-state index < -0.39 is 23.4 Å². The minimum Gasteiger partial charge on any atom is -0.339 e. The van der Waals surface area contributed by atoms with E-state index in [9.17, 15) is 18.4 Å². The number of carbonyl (C=O) groups excluding carboxylic acids is 2. The van der Waals surface area contributed by atoms with Crippen molar-refractivity contribution in [3.8, 4) is 0 Å². The molecule has 0 fully saturated rings. The van der Waals surface area contributed by atoms with Crippen LogP contribution in [0.2, 0.25) is 0 Å². The summed E-state index contributed by atoms with van der Waals surface area (Å²) in [4.78, 5) is 28.9. The third-order valence-electron chi connectivity index (χ3n) is 4.75. The fraction of sp³-hybridized carbons (Fsp3) is 0.0435. The average Bonchev–Trinajstić information content (AvgIpc) is 2.99. The highest BCUT2D eigenvalue weighted by Crippen LogP contribution is 2.36. The van der Waals surface area contributed by atoms with Gasteiger partial charge < -0.3 is 4.90 Å². The Labute approximate surface area is 166 Å². The van der Waals surface area contributed by atoms with Crippen LogP contribution in [0.1, 0.15) is 5.56 Å². The van der Waals surface area contributed by atoms with Gasteiger partial charge >= 0.3 is 0 Å². The Balaban J connectivity index is 1.89. The number of carbonyl (C=O) groups is 2. The SMILES string of the molecule is CN(C1=C(c2ccccc2)C(=O)N(c2ccc(F)cc2F)C1=O)c1ccccc1. The molecule has 0 saturated carbocycles. The topological polar surface area (TPSA) is 40.6 Å². The van der Waals surface area contributed by atoms with Gasteiger partial charge in [0.1, 0.15) is 17.3 Å². The Hall–Kier alpha value is -3.80. The van der Waals surface area contributed by atoms with Gasteiger partial charge in [-0.05, 0) is 29.8 Å². The first kappa shape index (κ1) is 18.6. The number of para-hydroxylation sites is 1. The number of likely N-dealkylation sites (N-methyl/N-ethyl adjacent to an activating group) is 1. The van der Waals surface area contributed by atoms with Gasteiger partial charge in [0, 0.05) is 18.8 Å². The maximum atomic E-state index is 14.4. The summed E-state index contributed by atoms with van der Waals surface area (Å²) in [6.45, 7) is 0. The van der Waals surface area contributed by atoms with E-state index in [0.717, 1.165) is 17.0 Å². The predicted molar refractivity (Wildman–Crippen MR) is 107 cm³/mol. The number of benzene rings is 3. The molecule has 0 bridgehead atoms. The van der Waals surface area contributed by atoms with Gasteiger partial charge in [-0.15, -0.1) is 0 Å². The van der Waals surface area contributed by atoms with Gasteiger partial charge in [0.25, 0.3) is 11.8 Å². The number of amides is 2. The predicted octanol–water partition coefficient (Wildman–Crippen LogP) is 4.39. The first-order valence-electron chi connectivity index (χ1n) is 8.91. The van der Waals surface area contributed by atoms with Crippen LogP contribution in [0, 0.1) is 11.6 Å². The van der Waals surface area contributed by atoms with Gasteiger partial charge in [0.15, 0.2) is 0 Å². The maximum absolute atomic E-state index is 14.4. The van der Waals surface area contributed by atoms with Crippen LogP contribution in [0.4, 0.5) is 20.2 Å². The van der Waals surface area contributed by atoms with Crippen molar-refractivity contribution in [3.05, 3.63) is 102 Å². The van der Waals surface area contributed by atoms with E-state index in [2.05, 4.69) is 0 Å². The number of imide groups is 1. The van der Waals surface area contributed by atoms with Crippen molar-refractivity contribution in [3.63, 3.8) is 0 Å². The summed E-state index contributed by atoms with van der Waals surface area (Å²) in [6.07, 6.45) is 0. The quantitative estimate of drug-likeness (QED) is 0.621. The lowest BCUT2D eigenvalue weighted by Gasteiger charge is -2.21. The first-order chi connectivity index (χ1) is 14.0. The van der Waals surface area contributed by atoms with Crippen molar-refractivity contribution in [1.82, 2.24) is 0 Å². The lowest BCUT2D eigenvalue weighted by atomic mass is 10.0. The van der Waals surface area contributed by atoms with Gasteiger partial charge in [0.05, 0.1) is 11.3 Å². The van der Waals surface area contributed by atoms with Gasteiger partial charge in [-0.1, -0.05) is 48.5 Å². The minimum absolute atomic E-state index is 0.121. The zero-order valence-corrected chi connectivity index (χ0v) is 15.5. The largest absolute Gasteiger partial charge is 0.339 e. The molecular formula is C23H16F2N2O2. The second-order valence-corrected chi connectivity index (χ2v) is 6.53. The highest BCUT2D eigenvalue weighted by Gasteiger charge is 2.43. The number of hydrogen-bond donors (Lipinski definition) is 0. The van der Waals surface area contributed by atoms with Crippen molar-refractivity contribution < 1.29 is 18.4 Å². The summed E-state index contributed by atoms with van der Waals surface area (Å²) in [5.74, 6) is -3.11. The fourth-order valence-corrected chi connectivity index (χ4v) is 3.36. The molecule has 0 saturated heterocycles. The molecular weight excluding hydrogens is 374 g/mol. The highest BCUT2D eigenvalue weighted by atomic mass is 19.1. The van der Waals surface area contributed by atoms with E-state index in [1.54, 1.807) is 54.4 Å². The van der Waals surface area contributed by atoms with Crippen molar-refractivity contribution >= 4 is 28.8 Å². The molecule has 1 aliphatic rings. The van der Waals surface area contributed by atoms with Crippen LogP contribution in [0.15, 0.2) is 84.6 Å². The monoisotopic (exact) mass is 390 g/mol. The molecule has 144 valence electrons. The lowest BCUT2D eigenvalue weighted by Crippen LogP contribution is -2.34. The molecule has 0 atom stereocenters. The molecule has 0 N–H and O–H groups in total. The smallest absolute Gasteiger partial charge is 0.282 e. The van der Waals surface area contributed by atoms with Crippen LogP contribution < -0.4 is 9.80 Å². The molecule has 0 spiro atoms. The molecule has 0 aromatic heterocycles. The Morgan fingerprint density at radius 3 is 2.03 bits per heavy atom. The molecule has 6 heteroatoms. The molecule has 4 nitrogen and oxygen atoms in total. The summed E-state index contributed by atoms with van der Waals surface area (Å²) in [7, 11) is 1.67. The molecule has 3 aromatic rings. The molecule has 3 aromatic carbocycles. The minimum atomic E-state index is -0.984. The van der Waals surface area contributed by atoms with Crippen LogP contribution in [0.3, 0.4) is 0 Å². The van der Waals surface area contributed by atoms with Crippen LogP contribution >= 0.6 is 0 Å². The molecule has 2 amide bonds. The van der Waals surface area contributed by atoms with Gasteiger partial charge in [0.2, 0.25) is 0 Å². The first-order valence-corrected chi connectivity index (χ1v) is 8.91. The molecule has 29 heavy (non-hydrogen) atoms. The summed E-state index contributed by atoms with van der Waals surface area (Å²) >= 11 is 0. The van der Waals surface area contributed by atoms with Crippen molar-refractivity contribution in [2.45, 2.75) is 0 Å². The lowest BCUT2D eigenvalue weighted by molar-refractivity contribution is -0.120. The maximum Gasteiger partial charge on any atom is 0.282 e. The Bertz CT molecular complexity index is 1130. The number of nitrogens with zero attached hydrogens (tertiary/aromatic N) is 2. The van der Waals surface area contributed by atoms with Crippen molar-refractivity contribution in [2.24, 2.45) is 0 Å². The summed E-state index contributed by atoms with van der Waals surface area (Å²) in [6, 6.07) is 20.5. The Kier molecular flexibility index (Phi) is 4.68. The van der Waals surface area contributed by atoms with Crippen LogP contribution in [-0.4, -0.2) is 18.9 Å². The van der Waals surface area contributed by atoms with E-state index in [1.165, 1.54) is 0 Å². The second-order valence-electron chi connectivity index (χ2n) is 6.53. The van der Waals surface area contributed by atoms with E-state index >= 15 is 0 Å². The zero-order chi connectivity index (χ0) is 20.5. The van der Waals surface area contributed by atoms with E-state index in [4.69, 9.17) is 0 Å². The number of rotatable bonds is 4. The molecule has 0 unspecified atom stereocenters. The van der Waals surface area contributed by atoms with Gasteiger partial charge in [-0.2, -0.15) is 0 Å². The molecule has 4 rings (SSSR count). The molecule has 0 aliphatic carbocycles. The van der Waals surface area contributed by atoms with Crippen molar-refractivity contribution in [2.75, 3.05) is 16.8 Å².